The average molecular weight is 498 g/mol. The van der Waals surface area contributed by atoms with E-state index >= 15 is 0 Å². The van der Waals surface area contributed by atoms with Crippen LogP contribution in [0.3, 0.4) is 0 Å². The number of amides is 2. The van der Waals surface area contributed by atoms with Crippen molar-refractivity contribution in [3.63, 3.8) is 0 Å². The molecule has 0 saturated carbocycles. The predicted octanol–water partition coefficient (Wildman–Crippen LogP) is 2.25. The molecule has 0 radical (unpaired) electrons. The van der Waals surface area contributed by atoms with Gasteiger partial charge in [-0.3, -0.25) is 9.59 Å². The second kappa shape index (κ2) is 9.35. The van der Waals surface area contributed by atoms with E-state index in [-0.39, 0.29) is 55.4 Å². The number of carbonyl (C=O) groups excluding carboxylic acids is 2. The van der Waals surface area contributed by atoms with Crippen molar-refractivity contribution in [1.82, 2.24) is 14.1 Å². The molecule has 1 atom stereocenters. The maximum absolute atomic E-state index is 13.2. The summed E-state index contributed by atoms with van der Waals surface area (Å²) < 4.78 is 38.8. The van der Waals surface area contributed by atoms with E-state index in [1.165, 1.54) is 23.4 Å². The molecule has 1 fully saturated rings. The Bertz CT molecular complexity index is 1280. The normalized spacial score (nSPS) is 19.9. The third-order valence-corrected chi connectivity index (χ3v) is 8.47. The van der Waals surface area contributed by atoms with E-state index in [2.05, 4.69) is 0 Å². The fourth-order valence-corrected chi connectivity index (χ4v) is 6.16. The summed E-state index contributed by atoms with van der Waals surface area (Å²) in [6, 6.07) is 11.9. The highest BCUT2D eigenvalue weighted by atomic mass is 32.2. The SMILES string of the molecule is CC(=O)N1C=Cc2ccccc2[C@H]1CC(=O)N1CCN(S(=O)(=O)c2ccc3c(c2)OCCO3)CC1. The number of piperazine rings is 1. The second-order valence-electron chi connectivity index (χ2n) is 8.68. The molecule has 2 aromatic carbocycles. The Hall–Kier alpha value is -3.37. The standard InChI is InChI=1S/C25H27N3O6S/c1-18(29)28-9-8-19-4-2-3-5-21(19)22(28)17-25(30)26-10-12-27(13-11-26)35(31,32)20-6-7-23-24(16-20)34-15-14-33-23/h2-9,16,22H,10-15,17H2,1H3/t22-/m1/s1. The Kier molecular flexibility index (Phi) is 6.24. The monoisotopic (exact) mass is 497 g/mol. The van der Waals surface area contributed by atoms with E-state index in [9.17, 15) is 18.0 Å². The molecule has 0 bridgehead atoms. The zero-order valence-corrected chi connectivity index (χ0v) is 20.2. The molecule has 2 amide bonds. The van der Waals surface area contributed by atoms with Gasteiger partial charge in [-0.05, 0) is 29.3 Å². The van der Waals surface area contributed by atoms with E-state index in [4.69, 9.17) is 9.47 Å². The van der Waals surface area contributed by atoms with Crippen molar-refractivity contribution < 1.29 is 27.5 Å². The summed E-state index contributed by atoms with van der Waals surface area (Å²) in [6.07, 6.45) is 3.73. The van der Waals surface area contributed by atoms with Crippen LogP contribution in [0.15, 0.2) is 53.6 Å². The van der Waals surface area contributed by atoms with E-state index in [1.807, 2.05) is 30.3 Å². The number of rotatable bonds is 4. The van der Waals surface area contributed by atoms with Gasteiger partial charge < -0.3 is 19.3 Å². The maximum Gasteiger partial charge on any atom is 0.243 e. The predicted molar refractivity (Wildman–Crippen MR) is 128 cm³/mol. The summed E-state index contributed by atoms with van der Waals surface area (Å²) in [6.45, 7) is 3.25. The van der Waals surface area contributed by atoms with E-state index in [1.54, 1.807) is 22.1 Å². The number of hydrogen-bond acceptors (Lipinski definition) is 6. The molecule has 0 spiro atoms. The summed E-state index contributed by atoms with van der Waals surface area (Å²) in [4.78, 5) is 28.8. The number of nitrogens with zero attached hydrogens (tertiary/aromatic N) is 3. The first kappa shape index (κ1) is 23.4. The lowest BCUT2D eigenvalue weighted by molar-refractivity contribution is -0.135. The van der Waals surface area contributed by atoms with Crippen LogP contribution in [0.5, 0.6) is 11.5 Å². The van der Waals surface area contributed by atoms with Crippen molar-refractivity contribution in [2.45, 2.75) is 24.3 Å². The summed E-state index contributed by atoms with van der Waals surface area (Å²) >= 11 is 0. The van der Waals surface area contributed by atoms with Gasteiger partial charge in [0, 0.05) is 45.4 Å². The quantitative estimate of drug-likeness (QED) is 0.643. The Morgan fingerprint density at radius 2 is 1.69 bits per heavy atom. The number of carbonyl (C=O) groups is 2. The van der Waals surface area contributed by atoms with Crippen LogP contribution < -0.4 is 9.47 Å². The fourth-order valence-electron chi connectivity index (χ4n) is 4.72. The number of hydrogen-bond donors (Lipinski definition) is 0. The van der Waals surface area contributed by atoms with Gasteiger partial charge in [0.05, 0.1) is 17.4 Å². The fraction of sp³-hybridized carbons (Fsp3) is 0.360. The first-order valence-electron chi connectivity index (χ1n) is 11.6. The molecule has 10 heteroatoms. The zero-order chi connectivity index (χ0) is 24.6. The lowest BCUT2D eigenvalue weighted by Gasteiger charge is -2.37. The van der Waals surface area contributed by atoms with Crippen LogP contribution in [0.2, 0.25) is 0 Å². The van der Waals surface area contributed by atoms with Gasteiger partial charge >= 0.3 is 0 Å². The Morgan fingerprint density at radius 3 is 2.43 bits per heavy atom. The lowest BCUT2D eigenvalue weighted by atomic mass is 9.93. The molecule has 5 rings (SSSR count). The van der Waals surface area contributed by atoms with Gasteiger partial charge in [-0.2, -0.15) is 4.31 Å². The van der Waals surface area contributed by atoms with Crippen LogP contribution in [0.4, 0.5) is 0 Å². The van der Waals surface area contributed by atoms with E-state index in [0.29, 0.717) is 24.7 Å². The number of benzene rings is 2. The number of ether oxygens (including phenoxy) is 2. The van der Waals surface area contributed by atoms with E-state index in [0.717, 1.165) is 11.1 Å². The van der Waals surface area contributed by atoms with Crippen LogP contribution >= 0.6 is 0 Å². The average Bonchev–Trinajstić information content (AvgIpc) is 2.88. The molecule has 35 heavy (non-hydrogen) atoms. The summed E-state index contributed by atoms with van der Waals surface area (Å²) in [5.74, 6) is 0.707. The number of sulfonamides is 1. The van der Waals surface area contributed by atoms with Gasteiger partial charge in [0.25, 0.3) is 0 Å². The minimum Gasteiger partial charge on any atom is -0.486 e. The van der Waals surface area contributed by atoms with Gasteiger partial charge in [0.1, 0.15) is 13.2 Å². The minimum absolute atomic E-state index is 0.109. The Balaban J connectivity index is 1.26. The lowest BCUT2D eigenvalue weighted by Crippen LogP contribution is -2.51. The molecular formula is C25H27N3O6S. The first-order chi connectivity index (χ1) is 16.8. The van der Waals surface area contributed by atoms with Gasteiger partial charge in [-0.15, -0.1) is 0 Å². The molecular weight excluding hydrogens is 470 g/mol. The molecule has 0 aliphatic carbocycles. The van der Waals surface area contributed by atoms with Gasteiger partial charge in [-0.25, -0.2) is 8.42 Å². The molecule has 0 aromatic heterocycles. The summed E-state index contributed by atoms with van der Waals surface area (Å²) in [7, 11) is -3.73. The van der Waals surface area contributed by atoms with Crippen molar-refractivity contribution >= 4 is 27.9 Å². The zero-order valence-electron chi connectivity index (χ0n) is 19.4. The van der Waals surface area contributed by atoms with Crippen LogP contribution in [-0.2, 0) is 19.6 Å². The molecule has 3 aliphatic rings. The molecule has 9 nitrogen and oxygen atoms in total. The maximum atomic E-state index is 13.2. The molecule has 3 aliphatic heterocycles. The highest BCUT2D eigenvalue weighted by Crippen LogP contribution is 2.35. The molecule has 3 heterocycles. The molecule has 0 N–H and O–H groups in total. The number of fused-ring (bicyclic) bond motifs is 2. The van der Waals surface area contributed by atoms with Crippen LogP contribution in [0.25, 0.3) is 6.08 Å². The summed E-state index contributed by atoms with van der Waals surface area (Å²) in [5, 5.41) is 0. The van der Waals surface area contributed by atoms with Crippen LogP contribution in [0, 0.1) is 0 Å². The van der Waals surface area contributed by atoms with Crippen molar-refractivity contribution in [1.29, 1.82) is 0 Å². The third-order valence-electron chi connectivity index (χ3n) is 6.58. The largest absolute Gasteiger partial charge is 0.486 e. The molecule has 2 aromatic rings. The van der Waals surface area contributed by atoms with Crippen molar-refractivity contribution in [2.75, 3.05) is 39.4 Å². The van der Waals surface area contributed by atoms with Crippen LogP contribution in [-0.4, -0.2) is 73.7 Å². The highest BCUT2D eigenvalue weighted by Gasteiger charge is 2.34. The Labute approximate surface area is 204 Å². The topological polar surface area (TPSA) is 96.5 Å². The highest BCUT2D eigenvalue weighted by molar-refractivity contribution is 7.89. The third kappa shape index (κ3) is 4.51. The van der Waals surface area contributed by atoms with Gasteiger partial charge in [-0.1, -0.05) is 24.3 Å². The second-order valence-corrected chi connectivity index (χ2v) is 10.6. The molecule has 0 unspecified atom stereocenters. The van der Waals surface area contributed by atoms with Gasteiger partial charge in [0.15, 0.2) is 11.5 Å². The van der Waals surface area contributed by atoms with Crippen molar-refractivity contribution in [3.05, 3.63) is 59.8 Å². The van der Waals surface area contributed by atoms with Gasteiger partial charge in [0.2, 0.25) is 21.8 Å². The molecule has 184 valence electrons. The smallest absolute Gasteiger partial charge is 0.243 e. The van der Waals surface area contributed by atoms with Crippen molar-refractivity contribution in [3.8, 4) is 11.5 Å². The van der Waals surface area contributed by atoms with Crippen molar-refractivity contribution in [2.24, 2.45) is 0 Å². The first-order valence-corrected chi connectivity index (χ1v) is 13.0. The van der Waals surface area contributed by atoms with Crippen LogP contribution in [0.1, 0.15) is 30.5 Å². The Morgan fingerprint density at radius 1 is 0.971 bits per heavy atom. The molecule has 1 saturated heterocycles. The van der Waals surface area contributed by atoms with E-state index < -0.39 is 10.0 Å². The minimum atomic E-state index is -3.73. The summed E-state index contributed by atoms with van der Waals surface area (Å²) in [5.41, 5.74) is 1.91.